The van der Waals surface area contributed by atoms with Crippen molar-refractivity contribution in [1.29, 1.82) is 5.26 Å². The minimum absolute atomic E-state index is 0.639. The largest absolute Gasteiger partial charge is 0.326 e. The Bertz CT molecular complexity index is 504. The van der Waals surface area contributed by atoms with Crippen molar-refractivity contribution >= 4 is 0 Å². The maximum atomic E-state index is 8.38. The average Bonchev–Trinajstić information content (AvgIpc) is 2.41. The van der Waals surface area contributed by atoms with E-state index in [4.69, 9.17) is 11.0 Å². The molecule has 0 aliphatic heterocycles. The molecule has 2 aromatic carbocycles. The van der Waals surface area contributed by atoms with Gasteiger partial charge >= 0.3 is 0 Å². The van der Waals surface area contributed by atoms with Crippen LogP contribution in [-0.2, 0) is 6.54 Å². The second-order valence-corrected chi connectivity index (χ2v) is 4.17. The fraction of sp³-hybridized carbons (Fsp3) is 0.188. The molecule has 0 saturated carbocycles. The molecule has 2 rings (SSSR count). The molecular formula is C16H18N2. The minimum atomic E-state index is 0.639. The lowest BCUT2D eigenvalue weighted by molar-refractivity contribution is 1.07. The Labute approximate surface area is 109 Å². The van der Waals surface area contributed by atoms with E-state index < -0.39 is 0 Å². The van der Waals surface area contributed by atoms with Crippen LogP contribution in [0.1, 0.15) is 22.3 Å². The highest BCUT2D eigenvalue weighted by Crippen LogP contribution is 2.01. The summed E-state index contributed by atoms with van der Waals surface area (Å²) in [6, 6.07) is 17.8. The third-order valence-electron chi connectivity index (χ3n) is 2.54. The molecule has 0 aliphatic rings. The smallest absolute Gasteiger partial charge is 0.0991 e. The number of nitrogens with two attached hydrogens (primary N) is 1. The van der Waals surface area contributed by atoms with E-state index in [1.54, 1.807) is 0 Å². The molecule has 0 spiro atoms. The summed E-state index contributed by atoms with van der Waals surface area (Å²) in [7, 11) is 0. The zero-order valence-electron chi connectivity index (χ0n) is 10.9. The van der Waals surface area contributed by atoms with Crippen LogP contribution in [0.5, 0.6) is 0 Å². The van der Waals surface area contributed by atoms with Gasteiger partial charge in [-0.25, -0.2) is 0 Å². The van der Waals surface area contributed by atoms with E-state index in [0.717, 1.165) is 5.56 Å². The van der Waals surface area contributed by atoms with Gasteiger partial charge in [-0.15, -0.1) is 0 Å². The van der Waals surface area contributed by atoms with Gasteiger partial charge in [-0.3, -0.25) is 0 Å². The van der Waals surface area contributed by atoms with E-state index >= 15 is 0 Å². The van der Waals surface area contributed by atoms with Crippen molar-refractivity contribution < 1.29 is 0 Å². The Hall–Kier alpha value is -2.11. The van der Waals surface area contributed by atoms with E-state index in [1.807, 2.05) is 31.2 Å². The van der Waals surface area contributed by atoms with E-state index in [0.29, 0.717) is 6.54 Å². The van der Waals surface area contributed by atoms with Crippen LogP contribution in [0.4, 0.5) is 0 Å². The molecule has 0 saturated heterocycles. The molecule has 2 aromatic rings. The number of hydrogen-bond acceptors (Lipinski definition) is 2. The number of nitrogens with zero attached hydrogens (tertiary/aromatic N) is 1. The van der Waals surface area contributed by atoms with Crippen LogP contribution in [0.25, 0.3) is 0 Å². The first-order chi connectivity index (χ1) is 8.65. The first-order valence-corrected chi connectivity index (χ1v) is 5.88. The normalized spacial score (nSPS) is 9.00. The van der Waals surface area contributed by atoms with E-state index in [1.165, 1.54) is 16.7 Å². The standard InChI is InChI=1S/C8H11N.C8H7N/c2*1-7-2-4-8(6-9)5-3-7/h2-5H,6,9H2,1H3;2-5H,1H3. The van der Waals surface area contributed by atoms with Crippen LogP contribution in [0.2, 0.25) is 0 Å². The molecule has 0 bridgehead atoms. The van der Waals surface area contributed by atoms with E-state index in [-0.39, 0.29) is 0 Å². The van der Waals surface area contributed by atoms with Gasteiger partial charge in [-0.1, -0.05) is 47.5 Å². The number of benzene rings is 2. The minimum Gasteiger partial charge on any atom is -0.326 e. The molecule has 0 aromatic heterocycles. The second-order valence-electron chi connectivity index (χ2n) is 4.17. The Morgan fingerprint density at radius 2 is 1.33 bits per heavy atom. The molecule has 18 heavy (non-hydrogen) atoms. The first-order valence-electron chi connectivity index (χ1n) is 5.88. The van der Waals surface area contributed by atoms with Crippen molar-refractivity contribution in [1.82, 2.24) is 0 Å². The van der Waals surface area contributed by atoms with Crippen molar-refractivity contribution in [3.63, 3.8) is 0 Å². The number of nitriles is 1. The van der Waals surface area contributed by atoms with Gasteiger partial charge in [0.25, 0.3) is 0 Å². The maximum Gasteiger partial charge on any atom is 0.0991 e. The Morgan fingerprint density at radius 3 is 1.72 bits per heavy atom. The Morgan fingerprint density at radius 1 is 0.889 bits per heavy atom. The predicted molar refractivity (Wildman–Crippen MR) is 75.0 cm³/mol. The summed E-state index contributed by atoms with van der Waals surface area (Å²) >= 11 is 0. The molecule has 0 heterocycles. The SMILES string of the molecule is Cc1ccc(C#N)cc1.Cc1ccc(CN)cc1. The third-order valence-corrected chi connectivity index (χ3v) is 2.54. The summed E-state index contributed by atoms with van der Waals surface area (Å²) in [6.45, 7) is 4.71. The van der Waals surface area contributed by atoms with Gasteiger partial charge in [0.15, 0.2) is 0 Å². The van der Waals surface area contributed by atoms with Crippen LogP contribution in [-0.4, -0.2) is 0 Å². The molecular weight excluding hydrogens is 220 g/mol. The summed E-state index contributed by atoms with van der Waals surface area (Å²) in [6.07, 6.45) is 0. The van der Waals surface area contributed by atoms with Crippen LogP contribution < -0.4 is 5.73 Å². The zero-order chi connectivity index (χ0) is 13.4. The summed E-state index contributed by atoms with van der Waals surface area (Å²) in [5.74, 6) is 0. The third kappa shape index (κ3) is 4.82. The first kappa shape index (κ1) is 14.0. The lowest BCUT2D eigenvalue weighted by Gasteiger charge is -1.94. The van der Waals surface area contributed by atoms with E-state index in [9.17, 15) is 0 Å². The topological polar surface area (TPSA) is 49.8 Å². The van der Waals surface area contributed by atoms with E-state index in [2.05, 4.69) is 37.3 Å². The van der Waals surface area contributed by atoms with Crippen molar-refractivity contribution in [3.05, 3.63) is 70.8 Å². The highest BCUT2D eigenvalue weighted by Gasteiger charge is 1.85. The van der Waals surface area contributed by atoms with Crippen LogP contribution >= 0.6 is 0 Å². The lowest BCUT2D eigenvalue weighted by atomic mass is 10.2. The van der Waals surface area contributed by atoms with Crippen LogP contribution in [0.3, 0.4) is 0 Å². The molecule has 0 amide bonds. The summed E-state index contributed by atoms with van der Waals surface area (Å²) in [5, 5.41) is 8.38. The molecule has 0 radical (unpaired) electrons. The number of rotatable bonds is 1. The van der Waals surface area contributed by atoms with Crippen molar-refractivity contribution in [3.8, 4) is 6.07 Å². The second kappa shape index (κ2) is 7.26. The molecule has 0 fully saturated rings. The van der Waals surface area contributed by atoms with Gasteiger partial charge in [0.1, 0.15) is 0 Å². The van der Waals surface area contributed by atoms with Gasteiger partial charge in [-0.2, -0.15) is 5.26 Å². The molecule has 2 nitrogen and oxygen atoms in total. The summed E-state index contributed by atoms with van der Waals surface area (Å²) in [4.78, 5) is 0. The number of hydrogen-bond donors (Lipinski definition) is 1. The quantitative estimate of drug-likeness (QED) is 0.828. The Kier molecular flexibility index (Phi) is 5.63. The van der Waals surface area contributed by atoms with Crippen molar-refractivity contribution in [2.45, 2.75) is 20.4 Å². The fourth-order valence-corrected chi connectivity index (χ4v) is 1.35. The molecule has 0 aliphatic carbocycles. The molecule has 0 atom stereocenters. The van der Waals surface area contributed by atoms with Gasteiger partial charge < -0.3 is 5.73 Å². The zero-order valence-corrected chi connectivity index (χ0v) is 10.9. The molecule has 2 heteroatoms. The molecule has 92 valence electrons. The highest BCUT2D eigenvalue weighted by molar-refractivity contribution is 5.30. The fourth-order valence-electron chi connectivity index (χ4n) is 1.35. The number of aryl methyl sites for hydroxylation is 2. The van der Waals surface area contributed by atoms with Crippen molar-refractivity contribution in [2.75, 3.05) is 0 Å². The monoisotopic (exact) mass is 238 g/mol. The molecule has 2 N–H and O–H groups in total. The van der Waals surface area contributed by atoms with Gasteiger partial charge in [0, 0.05) is 6.54 Å². The lowest BCUT2D eigenvalue weighted by Crippen LogP contribution is -1.94. The maximum absolute atomic E-state index is 8.38. The van der Waals surface area contributed by atoms with Crippen LogP contribution in [0.15, 0.2) is 48.5 Å². The predicted octanol–water partition coefficient (Wildman–Crippen LogP) is 3.32. The summed E-state index contributed by atoms with van der Waals surface area (Å²) in [5.41, 5.74) is 9.79. The van der Waals surface area contributed by atoms with Crippen LogP contribution in [0, 0.1) is 25.2 Å². The van der Waals surface area contributed by atoms with Crippen molar-refractivity contribution in [2.24, 2.45) is 5.73 Å². The molecule has 0 unspecified atom stereocenters. The Balaban J connectivity index is 0.000000180. The highest BCUT2D eigenvalue weighted by atomic mass is 14.5. The van der Waals surface area contributed by atoms with Gasteiger partial charge in [-0.05, 0) is 31.5 Å². The average molecular weight is 238 g/mol. The van der Waals surface area contributed by atoms with Gasteiger partial charge in [0.05, 0.1) is 11.6 Å². The summed E-state index contributed by atoms with van der Waals surface area (Å²) < 4.78 is 0. The van der Waals surface area contributed by atoms with Gasteiger partial charge in [0.2, 0.25) is 0 Å².